The van der Waals surface area contributed by atoms with E-state index in [2.05, 4.69) is 4.98 Å². The first-order valence-electron chi connectivity index (χ1n) is 3.82. The molecule has 10 heteroatoms. The summed E-state index contributed by atoms with van der Waals surface area (Å²) in [5.41, 5.74) is -1.13. The summed E-state index contributed by atoms with van der Waals surface area (Å²) in [5.74, 6) is 0. The molecule has 0 amide bonds. The van der Waals surface area contributed by atoms with E-state index < -0.39 is 19.0 Å². The highest BCUT2D eigenvalue weighted by Crippen LogP contribution is 2.26. The van der Waals surface area contributed by atoms with Gasteiger partial charge in [0.1, 0.15) is 5.69 Å². The van der Waals surface area contributed by atoms with E-state index in [1.54, 1.807) is 0 Å². The molecule has 0 fully saturated rings. The maximum Gasteiger partial charge on any atom is 0.490 e. The molecule has 0 saturated heterocycles. The minimum atomic E-state index is -4.50. The van der Waals surface area contributed by atoms with Crippen LogP contribution in [0.1, 0.15) is 5.69 Å². The number of halogens is 3. The minimum Gasteiger partial charge on any atom is -0.429 e. The maximum absolute atomic E-state index is 11.9. The first kappa shape index (κ1) is 14.9. The van der Waals surface area contributed by atoms with Crippen LogP contribution < -0.4 is 5.46 Å². The Morgan fingerprint density at radius 3 is 1.94 bits per heavy atom. The van der Waals surface area contributed by atoms with Crippen molar-refractivity contribution in [2.75, 3.05) is 0 Å². The maximum atomic E-state index is 11.9. The third kappa shape index (κ3) is 5.12. The molecule has 1 rings (SSSR count). The molecule has 0 spiro atoms. The van der Waals surface area contributed by atoms with Gasteiger partial charge in [0, 0.05) is 11.7 Å². The zero-order chi connectivity index (χ0) is 12.8. The lowest BCUT2D eigenvalue weighted by atomic mass is 9.82. The van der Waals surface area contributed by atoms with Gasteiger partial charge in [-0.3, -0.25) is 4.98 Å². The molecule has 0 aliphatic carbocycles. The predicted molar refractivity (Wildman–Crippen MR) is 49.3 cm³/mol. The highest BCUT2D eigenvalue weighted by molar-refractivity contribution is 6.58. The molecule has 87 valence electrons. The molecule has 0 aliphatic heterocycles. The molecule has 0 bridgehead atoms. The van der Waals surface area contributed by atoms with E-state index in [0.29, 0.717) is 6.07 Å². The third-order valence-electron chi connectivity index (χ3n) is 1.37. The predicted octanol–water partition coefficient (Wildman–Crippen LogP) is -1.71. The van der Waals surface area contributed by atoms with Crippen molar-refractivity contribution >= 4 is 20.3 Å². The highest BCUT2D eigenvalue weighted by Gasteiger charge is 2.32. The number of hydrogen-bond acceptors (Lipinski definition) is 5. The lowest BCUT2D eigenvalue weighted by Gasteiger charge is -2.05. The highest BCUT2D eigenvalue weighted by atomic mass is 19.4. The summed E-state index contributed by atoms with van der Waals surface area (Å²) in [6.45, 7) is 0. The standard InChI is InChI=1S/C6H5BF3NO2.BH2O2/c8-6(9,10)5-2-1-4(3-11-5)7(12)13;2-1-3/h1-3,12-13H;2-3H. The molecule has 1 radical (unpaired) electrons. The Hall–Kier alpha value is -1.09. The molecule has 4 N–H and O–H groups in total. The number of hydrogen-bond donors (Lipinski definition) is 4. The summed E-state index contributed by atoms with van der Waals surface area (Å²) in [4.78, 5) is 3.03. The van der Waals surface area contributed by atoms with Gasteiger partial charge in [0.15, 0.2) is 0 Å². The van der Waals surface area contributed by atoms with Crippen LogP contribution in [0.2, 0.25) is 0 Å². The Morgan fingerprint density at radius 1 is 1.19 bits per heavy atom. The Balaban J connectivity index is 0.000000673. The lowest BCUT2D eigenvalue weighted by Crippen LogP contribution is -2.30. The van der Waals surface area contributed by atoms with Crippen molar-refractivity contribution in [2.24, 2.45) is 0 Å². The first-order chi connectivity index (χ1) is 7.32. The van der Waals surface area contributed by atoms with Crippen LogP contribution in [0.25, 0.3) is 0 Å². The summed E-state index contributed by atoms with van der Waals surface area (Å²) in [7, 11) is -1.80. The van der Waals surface area contributed by atoms with Crippen molar-refractivity contribution in [3.8, 4) is 0 Å². The number of pyridine rings is 1. The fraction of sp³-hybridized carbons (Fsp3) is 0.167. The van der Waals surface area contributed by atoms with E-state index in [1.807, 2.05) is 0 Å². The van der Waals surface area contributed by atoms with Gasteiger partial charge < -0.3 is 20.1 Å². The topological polar surface area (TPSA) is 93.8 Å². The van der Waals surface area contributed by atoms with E-state index in [0.717, 1.165) is 12.3 Å². The number of nitrogens with zero attached hydrogens (tertiary/aromatic N) is 1. The summed E-state index contributed by atoms with van der Waals surface area (Å²) >= 11 is 0. The van der Waals surface area contributed by atoms with Gasteiger partial charge in [-0.25, -0.2) is 0 Å². The average Bonchev–Trinajstić information content (AvgIpc) is 2.18. The van der Waals surface area contributed by atoms with Gasteiger partial charge in [-0.05, 0) is 6.07 Å². The Bertz CT molecular complexity index is 306. The van der Waals surface area contributed by atoms with Crippen molar-refractivity contribution in [3.05, 3.63) is 24.0 Å². The van der Waals surface area contributed by atoms with Gasteiger partial charge in [-0.15, -0.1) is 0 Å². The zero-order valence-electron chi connectivity index (χ0n) is 7.76. The molecule has 0 aromatic carbocycles. The number of aromatic nitrogens is 1. The fourth-order valence-corrected chi connectivity index (χ4v) is 0.726. The second kappa shape index (κ2) is 6.48. The number of rotatable bonds is 1. The molecular formula is C6H7B2F3NO4. The van der Waals surface area contributed by atoms with Crippen molar-refractivity contribution in [2.45, 2.75) is 6.18 Å². The molecule has 0 atom stereocenters. The smallest absolute Gasteiger partial charge is 0.429 e. The van der Waals surface area contributed by atoms with Crippen molar-refractivity contribution in [1.29, 1.82) is 0 Å². The van der Waals surface area contributed by atoms with Crippen LogP contribution >= 0.6 is 0 Å². The zero-order valence-corrected chi connectivity index (χ0v) is 7.76. The molecule has 1 heterocycles. The quantitative estimate of drug-likeness (QED) is 0.435. The van der Waals surface area contributed by atoms with Gasteiger partial charge in [0.05, 0.1) is 0 Å². The molecule has 1 aromatic rings. The van der Waals surface area contributed by atoms with Crippen LogP contribution in [-0.4, -0.2) is 39.9 Å². The van der Waals surface area contributed by atoms with Gasteiger partial charge in [0.25, 0.3) is 0 Å². The van der Waals surface area contributed by atoms with E-state index in [4.69, 9.17) is 20.1 Å². The van der Waals surface area contributed by atoms with Crippen molar-refractivity contribution in [3.63, 3.8) is 0 Å². The molecular weight excluding hydrogens is 229 g/mol. The van der Waals surface area contributed by atoms with Gasteiger partial charge in [-0.2, -0.15) is 13.2 Å². The molecule has 16 heavy (non-hydrogen) atoms. The van der Waals surface area contributed by atoms with E-state index in [1.165, 1.54) is 0 Å². The second-order valence-corrected chi connectivity index (χ2v) is 2.46. The number of alkyl halides is 3. The SMILES string of the molecule is OB(O)c1ccc(C(F)(F)F)nc1.O[B]O. The monoisotopic (exact) mass is 236 g/mol. The summed E-state index contributed by atoms with van der Waals surface area (Å²) in [6, 6.07) is 1.65. The molecule has 0 aliphatic rings. The first-order valence-corrected chi connectivity index (χ1v) is 3.82. The van der Waals surface area contributed by atoms with Gasteiger partial charge in [-0.1, -0.05) is 6.07 Å². The van der Waals surface area contributed by atoms with Crippen LogP contribution in [0.15, 0.2) is 18.3 Å². The van der Waals surface area contributed by atoms with Gasteiger partial charge in [0.2, 0.25) is 0 Å². The van der Waals surface area contributed by atoms with Crippen LogP contribution in [0.4, 0.5) is 13.2 Å². The summed E-state index contributed by atoms with van der Waals surface area (Å²) < 4.78 is 35.8. The van der Waals surface area contributed by atoms with E-state index in [-0.39, 0.29) is 13.1 Å². The normalized spacial score (nSPS) is 10.2. The fourth-order valence-electron chi connectivity index (χ4n) is 0.726. The van der Waals surface area contributed by atoms with E-state index in [9.17, 15) is 13.2 Å². The molecule has 1 aromatic heterocycles. The van der Waals surface area contributed by atoms with Crippen molar-refractivity contribution in [1.82, 2.24) is 4.98 Å². The Morgan fingerprint density at radius 2 is 1.69 bits per heavy atom. The van der Waals surface area contributed by atoms with E-state index >= 15 is 0 Å². The average molecular weight is 236 g/mol. The Kier molecular flexibility index (Phi) is 6.04. The molecule has 5 nitrogen and oxygen atoms in total. The van der Waals surface area contributed by atoms with Crippen LogP contribution in [0.3, 0.4) is 0 Å². The summed E-state index contributed by atoms with van der Waals surface area (Å²) in [5, 5.41) is 31.1. The minimum absolute atomic E-state index is 0. The Labute approximate surface area is 89.6 Å². The lowest BCUT2D eigenvalue weighted by molar-refractivity contribution is -0.141. The largest absolute Gasteiger partial charge is 0.490 e. The summed E-state index contributed by atoms with van der Waals surface area (Å²) in [6.07, 6.45) is -3.73. The van der Waals surface area contributed by atoms with Crippen LogP contribution in [0, 0.1) is 0 Å². The van der Waals surface area contributed by atoms with Gasteiger partial charge >= 0.3 is 21.0 Å². The third-order valence-corrected chi connectivity index (χ3v) is 1.37. The van der Waals surface area contributed by atoms with Crippen LogP contribution in [0.5, 0.6) is 0 Å². The van der Waals surface area contributed by atoms with Crippen LogP contribution in [-0.2, 0) is 6.18 Å². The molecule has 0 unspecified atom stereocenters. The second-order valence-electron chi connectivity index (χ2n) is 2.46. The van der Waals surface area contributed by atoms with Crippen molar-refractivity contribution < 1.29 is 33.3 Å². The molecule has 0 saturated carbocycles.